The van der Waals surface area contributed by atoms with Gasteiger partial charge in [0.1, 0.15) is 5.75 Å². The van der Waals surface area contributed by atoms with Gasteiger partial charge in [0.05, 0.1) is 7.11 Å². The summed E-state index contributed by atoms with van der Waals surface area (Å²) in [5.41, 5.74) is 3.56. The number of hydrogen-bond acceptors (Lipinski definition) is 1. The Morgan fingerprint density at radius 1 is 1.00 bits per heavy atom. The summed E-state index contributed by atoms with van der Waals surface area (Å²) >= 11 is 0. The van der Waals surface area contributed by atoms with Crippen LogP contribution in [-0.4, -0.2) is 12.1 Å². The zero-order chi connectivity index (χ0) is 11.7. The first-order valence-corrected chi connectivity index (χ1v) is 5.59. The molecule has 2 nitrogen and oxygen atoms in total. The highest BCUT2D eigenvalue weighted by Gasteiger charge is 2.04. The lowest BCUT2D eigenvalue weighted by atomic mass is 10.0. The first-order valence-electron chi connectivity index (χ1n) is 5.59. The van der Waals surface area contributed by atoms with Gasteiger partial charge < -0.3 is 9.72 Å². The van der Waals surface area contributed by atoms with Crippen LogP contribution in [0.25, 0.3) is 22.0 Å². The van der Waals surface area contributed by atoms with E-state index in [1.807, 2.05) is 18.3 Å². The molecule has 0 radical (unpaired) electrons. The van der Waals surface area contributed by atoms with Crippen LogP contribution in [0.2, 0.25) is 0 Å². The zero-order valence-corrected chi connectivity index (χ0v) is 9.60. The molecule has 0 fully saturated rings. The van der Waals surface area contributed by atoms with Gasteiger partial charge in [-0.1, -0.05) is 24.3 Å². The van der Waals surface area contributed by atoms with Crippen molar-refractivity contribution in [3.05, 3.63) is 54.7 Å². The predicted molar refractivity (Wildman–Crippen MR) is 70.3 cm³/mol. The normalized spacial score (nSPS) is 10.6. The van der Waals surface area contributed by atoms with Crippen LogP contribution >= 0.6 is 0 Å². The molecule has 0 aliphatic rings. The lowest BCUT2D eigenvalue weighted by Crippen LogP contribution is -1.84. The maximum absolute atomic E-state index is 5.26. The second kappa shape index (κ2) is 3.98. The van der Waals surface area contributed by atoms with Gasteiger partial charge in [-0.15, -0.1) is 0 Å². The zero-order valence-electron chi connectivity index (χ0n) is 9.60. The summed E-state index contributed by atoms with van der Waals surface area (Å²) in [6, 6.07) is 16.5. The first kappa shape index (κ1) is 9.97. The van der Waals surface area contributed by atoms with Crippen molar-refractivity contribution in [2.45, 2.75) is 0 Å². The first-order chi connectivity index (χ1) is 8.38. The number of benzene rings is 2. The van der Waals surface area contributed by atoms with Crippen LogP contribution in [0.3, 0.4) is 0 Å². The third kappa shape index (κ3) is 1.68. The number of methoxy groups -OCH3 is 1. The summed E-state index contributed by atoms with van der Waals surface area (Å²) in [5.74, 6) is 0.884. The largest absolute Gasteiger partial charge is 0.497 e. The number of nitrogens with one attached hydrogen (secondary N) is 1. The Morgan fingerprint density at radius 2 is 1.88 bits per heavy atom. The number of aromatic amines is 1. The highest BCUT2D eigenvalue weighted by atomic mass is 16.5. The molecule has 0 aliphatic carbocycles. The Kier molecular flexibility index (Phi) is 2.33. The summed E-state index contributed by atoms with van der Waals surface area (Å²) in [6.45, 7) is 0. The van der Waals surface area contributed by atoms with E-state index in [0.29, 0.717) is 0 Å². The van der Waals surface area contributed by atoms with Gasteiger partial charge in [-0.05, 0) is 35.4 Å². The Morgan fingerprint density at radius 3 is 2.76 bits per heavy atom. The van der Waals surface area contributed by atoms with Gasteiger partial charge in [-0.25, -0.2) is 0 Å². The van der Waals surface area contributed by atoms with Crippen LogP contribution in [0.4, 0.5) is 0 Å². The van der Waals surface area contributed by atoms with Crippen molar-refractivity contribution in [2.24, 2.45) is 0 Å². The molecule has 2 heteroatoms. The van der Waals surface area contributed by atoms with E-state index in [1.54, 1.807) is 7.11 Å². The Hall–Kier alpha value is -2.22. The van der Waals surface area contributed by atoms with E-state index in [9.17, 15) is 0 Å². The van der Waals surface area contributed by atoms with Gasteiger partial charge in [0, 0.05) is 17.1 Å². The number of fused-ring (bicyclic) bond motifs is 1. The number of ether oxygens (including phenoxy) is 1. The van der Waals surface area contributed by atoms with Gasteiger partial charge in [0.15, 0.2) is 0 Å². The van der Waals surface area contributed by atoms with Gasteiger partial charge in [0.25, 0.3) is 0 Å². The molecule has 0 spiro atoms. The third-order valence-corrected chi connectivity index (χ3v) is 2.98. The van der Waals surface area contributed by atoms with Crippen molar-refractivity contribution in [3.63, 3.8) is 0 Å². The van der Waals surface area contributed by atoms with E-state index < -0.39 is 0 Å². The third-order valence-electron chi connectivity index (χ3n) is 2.98. The van der Waals surface area contributed by atoms with Crippen molar-refractivity contribution in [1.29, 1.82) is 0 Å². The van der Waals surface area contributed by atoms with Gasteiger partial charge in [-0.3, -0.25) is 0 Å². The van der Waals surface area contributed by atoms with Crippen LogP contribution in [0.15, 0.2) is 54.7 Å². The van der Waals surface area contributed by atoms with E-state index >= 15 is 0 Å². The average molecular weight is 223 g/mol. The minimum absolute atomic E-state index is 0.884. The molecule has 0 bridgehead atoms. The lowest BCUT2D eigenvalue weighted by molar-refractivity contribution is 0.415. The molecule has 3 rings (SSSR count). The molecule has 1 aromatic heterocycles. The molecule has 17 heavy (non-hydrogen) atoms. The van der Waals surface area contributed by atoms with Crippen molar-refractivity contribution >= 4 is 10.9 Å². The molecule has 1 heterocycles. The Balaban J connectivity index is 2.23. The predicted octanol–water partition coefficient (Wildman–Crippen LogP) is 3.84. The summed E-state index contributed by atoms with van der Waals surface area (Å²) in [5, 5.41) is 1.24. The Bertz CT molecular complexity index is 655. The maximum Gasteiger partial charge on any atom is 0.119 e. The summed E-state index contributed by atoms with van der Waals surface area (Å²) in [6.07, 6.45) is 1.97. The van der Waals surface area contributed by atoms with Crippen molar-refractivity contribution in [3.8, 4) is 16.9 Å². The lowest BCUT2D eigenvalue weighted by Gasteiger charge is -2.06. The second-order valence-corrected chi connectivity index (χ2v) is 3.98. The molecule has 0 unspecified atom stereocenters. The van der Waals surface area contributed by atoms with Crippen LogP contribution in [0.5, 0.6) is 5.75 Å². The fourth-order valence-corrected chi connectivity index (χ4v) is 2.13. The van der Waals surface area contributed by atoms with E-state index in [0.717, 1.165) is 11.3 Å². The van der Waals surface area contributed by atoms with Crippen molar-refractivity contribution < 1.29 is 4.74 Å². The van der Waals surface area contributed by atoms with Crippen molar-refractivity contribution in [1.82, 2.24) is 4.98 Å². The quantitative estimate of drug-likeness (QED) is 0.701. The highest BCUT2D eigenvalue weighted by Crippen LogP contribution is 2.29. The standard InChI is InChI=1S/C15H13NO/c1-17-12-5-2-4-11(10-12)13-6-3-7-15-14(13)8-9-16-15/h2-10,16H,1H3. The molecule has 0 amide bonds. The molecular weight excluding hydrogens is 210 g/mol. The minimum atomic E-state index is 0.884. The van der Waals surface area contributed by atoms with E-state index in [1.165, 1.54) is 16.5 Å². The van der Waals surface area contributed by atoms with Crippen LogP contribution in [0, 0.1) is 0 Å². The van der Waals surface area contributed by atoms with E-state index in [-0.39, 0.29) is 0 Å². The number of H-pyrrole nitrogens is 1. The fourth-order valence-electron chi connectivity index (χ4n) is 2.13. The summed E-state index contributed by atoms with van der Waals surface area (Å²) in [4.78, 5) is 3.23. The van der Waals surface area contributed by atoms with E-state index in [2.05, 4.69) is 41.4 Å². The number of hydrogen-bond donors (Lipinski definition) is 1. The highest BCUT2D eigenvalue weighted by molar-refractivity contribution is 5.95. The fraction of sp³-hybridized carbons (Fsp3) is 0.0667. The SMILES string of the molecule is COc1cccc(-c2cccc3[nH]ccc23)c1. The van der Waals surface area contributed by atoms with Crippen LogP contribution in [-0.2, 0) is 0 Å². The summed E-state index contributed by atoms with van der Waals surface area (Å²) < 4.78 is 5.26. The second-order valence-electron chi connectivity index (χ2n) is 3.98. The number of rotatable bonds is 2. The van der Waals surface area contributed by atoms with Gasteiger partial charge in [-0.2, -0.15) is 0 Å². The molecule has 1 N–H and O–H groups in total. The van der Waals surface area contributed by atoms with Crippen molar-refractivity contribution in [2.75, 3.05) is 7.11 Å². The molecule has 0 aliphatic heterocycles. The topological polar surface area (TPSA) is 25.0 Å². The minimum Gasteiger partial charge on any atom is -0.497 e. The smallest absolute Gasteiger partial charge is 0.119 e. The molecular formula is C15H13NO. The van der Waals surface area contributed by atoms with Crippen LogP contribution in [0.1, 0.15) is 0 Å². The summed E-state index contributed by atoms with van der Waals surface area (Å²) in [7, 11) is 1.69. The monoisotopic (exact) mass is 223 g/mol. The van der Waals surface area contributed by atoms with Gasteiger partial charge >= 0.3 is 0 Å². The number of aromatic nitrogens is 1. The molecule has 0 atom stereocenters. The molecule has 2 aromatic carbocycles. The van der Waals surface area contributed by atoms with Gasteiger partial charge in [0.2, 0.25) is 0 Å². The average Bonchev–Trinajstić information content (AvgIpc) is 2.87. The van der Waals surface area contributed by atoms with Crippen LogP contribution < -0.4 is 4.74 Å². The molecule has 3 aromatic rings. The Labute approximate surface area is 99.9 Å². The molecule has 0 saturated heterocycles. The maximum atomic E-state index is 5.26. The molecule has 84 valence electrons. The van der Waals surface area contributed by atoms with E-state index in [4.69, 9.17) is 4.74 Å². The molecule has 0 saturated carbocycles.